The smallest absolute Gasteiger partial charge is 0.0936 e. The van der Waals surface area contributed by atoms with E-state index in [1.807, 2.05) is 11.3 Å². The lowest BCUT2D eigenvalue weighted by Crippen LogP contribution is -2.28. The number of rotatable bonds is 3. The van der Waals surface area contributed by atoms with Gasteiger partial charge in [-0.05, 0) is 32.1 Å². The Hall–Kier alpha value is -0.0800. The zero-order chi connectivity index (χ0) is 11.6. The van der Waals surface area contributed by atoms with Gasteiger partial charge in [-0.1, -0.05) is 19.3 Å². The maximum absolute atomic E-state index is 6.21. The highest BCUT2D eigenvalue weighted by Gasteiger charge is 2.32. The number of aryl methyl sites for hydroxylation is 2. The molecule has 0 aromatic carbocycles. The third-order valence-corrected chi connectivity index (χ3v) is 5.44. The standard InChI is InChI=1S/C13H20ClNS/c1-10-11(2)16-12(15-10)8-13(9-14)6-4-3-5-7-13/h3-9H2,1-2H3. The molecule has 2 rings (SSSR count). The number of halogens is 1. The molecule has 0 aliphatic heterocycles. The van der Waals surface area contributed by atoms with E-state index in [0.717, 1.165) is 12.3 Å². The highest BCUT2D eigenvalue weighted by atomic mass is 35.5. The number of thiazole rings is 1. The molecule has 0 spiro atoms. The average molecular weight is 258 g/mol. The molecule has 0 amide bonds. The van der Waals surface area contributed by atoms with E-state index in [2.05, 4.69) is 18.8 Å². The van der Waals surface area contributed by atoms with E-state index in [1.165, 1.54) is 47.7 Å². The van der Waals surface area contributed by atoms with Crippen LogP contribution in [0.25, 0.3) is 0 Å². The van der Waals surface area contributed by atoms with E-state index in [1.54, 1.807) is 0 Å². The summed E-state index contributed by atoms with van der Waals surface area (Å²) in [5.74, 6) is 0.796. The van der Waals surface area contributed by atoms with Gasteiger partial charge in [0.05, 0.1) is 10.7 Å². The molecule has 16 heavy (non-hydrogen) atoms. The lowest BCUT2D eigenvalue weighted by Gasteiger charge is -2.34. The van der Waals surface area contributed by atoms with Crippen LogP contribution in [0.1, 0.15) is 47.7 Å². The van der Waals surface area contributed by atoms with Gasteiger partial charge in [0.25, 0.3) is 0 Å². The Morgan fingerprint density at radius 2 is 1.94 bits per heavy atom. The number of nitrogens with zero attached hydrogens (tertiary/aromatic N) is 1. The summed E-state index contributed by atoms with van der Waals surface area (Å²) < 4.78 is 0. The molecular weight excluding hydrogens is 238 g/mol. The topological polar surface area (TPSA) is 12.9 Å². The van der Waals surface area contributed by atoms with Crippen LogP contribution in [0, 0.1) is 19.3 Å². The first kappa shape index (κ1) is 12.4. The molecule has 1 nitrogen and oxygen atoms in total. The van der Waals surface area contributed by atoms with Gasteiger partial charge in [-0.15, -0.1) is 22.9 Å². The fourth-order valence-electron chi connectivity index (χ4n) is 2.60. The number of hydrogen-bond donors (Lipinski definition) is 0. The third-order valence-electron chi connectivity index (χ3n) is 3.80. The molecular formula is C13H20ClNS. The molecule has 1 aliphatic carbocycles. The summed E-state index contributed by atoms with van der Waals surface area (Å²) in [7, 11) is 0. The third kappa shape index (κ3) is 2.60. The van der Waals surface area contributed by atoms with Gasteiger partial charge in [0.2, 0.25) is 0 Å². The normalized spacial score (nSPS) is 19.9. The molecule has 1 heterocycles. The molecule has 0 saturated heterocycles. The van der Waals surface area contributed by atoms with Crippen LogP contribution in [-0.4, -0.2) is 10.9 Å². The molecule has 1 aromatic rings. The number of hydrogen-bond acceptors (Lipinski definition) is 2. The molecule has 0 atom stereocenters. The second kappa shape index (κ2) is 5.05. The van der Waals surface area contributed by atoms with Crippen molar-refractivity contribution >= 4 is 22.9 Å². The molecule has 1 fully saturated rings. The predicted octanol–water partition coefficient (Wildman–Crippen LogP) is 4.49. The molecule has 0 radical (unpaired) electrons. The minimum atomic E-state index is 0.344. The van der Waals surface area contributed by atoms with E-state index >= 15 is 0 Å². The first-order chi connectivity index (χ1) is 7.65. The van der Waals surface area contributed by atoms with E-state index in [9.17, 15) is 0 Å². The van der Waals surface area contributed by atoms with Crippen molar-refractivity contribution in [3.8, 4) is 0 Å². The lowest BCUT2D eigenvalue weighted by atomic mass is 9.73. The van der Waals surface area contributed by atoms with Gasteiger partial charge in [-0.25, -0.2) is 4.98 Å². The van der Waals surface area contributed by atoms with Gasteiger partial charge in [0, 0.05) is 17.2 Å². The summed E-state index contributed by atoms with van der Waals surface area (Å²) in [4.78, 5) is 6.01. The second-order valence-corrected chi connectivity index (χ2v) is 6.68. The maximum atomic E-state index is 6.21. The quantitative estimate of drug-likeness (QED) is 0.727. The molecule has 1 aliphatic rings. The summed E-state index contributed by atoms with van der Waals surface area (Å²) in [6, 6.07) is 0. The Kier molecular flexibility index (Phi) is 3.91. The highest BCUT2D eigenvalue weighted by Crippen LogP contribution is 2.41. The summed E-state index contributed by atoms with van der Waals surface area (Å²) in [6.07, 6.45) is 7.73. The Labute approximate surface area is 107 Å². The van der Waals surface area contributed by atoms with Crippen LogP contribution < -0.4 is 0 Å². The van der Waals surface area contributed by atoms with Crippen molar-refractivity contribution < 1.29 is 0 Å². The zero-order valence-electron chi connectivity index (χ0n) is 10.2. The largest absolute Gasteiger partial charge is 0.246 e. The molecule has 1 aromatic heterocycles. The molecule has 0 bridgehead atoms. The van der Waals surface area contributed by atoms with Gasteiger partial charge in [-0.3, -0.25) is 0 Å². The number of aromatic nitrogens is 1. The second-order valence-electron chi connectivity index (χ2n) is 5.12. The molecule has 0 unspecified atom stereocenters. The zero-order valence-corrected chi connectivity index (χ0v) is 11.8. The Morgan fingerprint density at radius 1 is 1.25 bits per heavy atom. The van der Waals surface area contributed by atoms with Crippen molar-refractivity contribution in [1.82, 2.24) is 4.98 Å². The first-order valence-electron chi connectivity index (χ1n) is 6.14. The van der Waals surface area contributed by atoms with E-state index < -0.39 is 0 Å². The van der Waals surface area contributed by atoms with E-state index in [-0.39, 0.29) is 0 Å². The van der Waals surface area contributed by atoms with Gasteiger partial charge in [0.1, 0.15) is 0 Å². The molecule has 1 saturated carbocycles. The van der Waals surface area contributed by atoms with Crippen molar-refractivity contribution in [2.24, 2.45) is 5.41 Å². The Balaban J connectivity index is 2.11. The van der Waals surface area contributed by atoms with E-state index in [4.69, 9.17) is 11.6 Å². The van der Waals surface area contributed by atoms with Gasteiger partial charge in [0.15, 0.2) is 0 Å². The van der Waals surface area contributed by atoms with Gasteiger partial charge >= 0.3 is 0 Å². The Morgan fingerprint density at radius 3 is 2.44 bits per heavy atom. The summed E-state index contributed by atoms with van der Waals surface area (Å²) in [5, 5.41) is 1.29. The van der Waals surface area contributed by atoms with Crippen molar-refractivity contribution in [2.45, 2.75) is 52.4 Å². The van der Waals surface area contributed by atoms with Crippen LogP contribution >= 0.6 is 22.9 Å². The van der Waals surface area contributed by atoms with Gasteiger partial charge < -0.3 is 0 Å². The average Bonchev–Trinajstić information content (AvgIpc) is 2.59. The fourth-order valence-corrected chi connectivity index (χ4v) is 4.06. The predicted molar refractivity (Wildman–Crippen MR) is 71.5 cm³/mol. The summed E-state index contributed by atoms with van der Waals surface area (Å²) in [6.45, 7) is 4.26. The van der Waals surface area contributed by atoms with Crippen LogP contribution in [0.5, 0.6) is 0 Å². The van der Waals surface area contributed by atoms with Crippen molar-refractivity contribution in [3.63, 3.8) is 0 Å². The maximum Gasteiger partial charge on any atom is 0.0936 e. The summed E-state index contributed by atoms with van der Waals surface area (Å²) >= 11 is 8.06. The van der Waals surface area contributed by atoms with Crippen LogP contribution in [0.2, 0.25) is 0 Å². The van der Waals surface area contributed by atoms with Gasteiger partial charge in [-0.2, -0.15) is 0 Å². The lowest BCUT2D eigenvalue weighted by molar-refractivity contribution is 0.219. The van der Waals surface area contributed by atoms with E-state index in [0.29, 0.717) is 5.41 Å². The van der Waals surface area contributed by atoms with Crippen LogP contribution in [-0.2, 0) is 6.42 Å². The molecule has 3 heteroatoms. The van der Waals surface area contributed by atoms with Crippen molar-refractivity contribution in [2.75, 3.05) is 5.88 Å². The van der Waals surface area contributed by atoms with Crippen LogP contribution in [0.3, 0.4) is 0 Å². The number of alkyl halides is 1. The summed E-state index contributed by atoms with van der Waals surface area (Å²) in [5.41, 5.74) is 1.54. The SMILES string of the molecule is Cc1nc(CC2(CCl)CCCCC2)sc1C. The van der Waals surface area contributed by atoms with Crippen LogP contribution in [0.4, 0.5) is 0 Å². The minimum Gasteiger partial charge on any atom is -0.246 e. The van der Waals surface area contributed by atoms with Crippen molar-refractivity contribution in [1.29, 1.82) is 0 Å². The first-order valence-corrected chi connectivity index (χ1v) is 7.49. The van der Waals surface area contributed by atoms with Crippen molar-refractivity contribution in [3.05, 3.63) is 15.6 Å². The molecule has 0 N–H and O–H groups in total. The Bertz CT molecular complexity index is 333. The fraction of sp³-hybridized carbons (Fsp3) is 0.769. The molecule has 90 valence electrons. The van der Waals surface area contributed by atoms with Crippen LogP contribution in [0.15, 0.2) is 0 Å². The monoisotopic (exact) mass is 257 g/mol. The minimum absolute atomic E-state index is 0.344. The highest BCUT2D eigenvalue weighted by molar-refractivity contribution is 7.11.